The minimum absolute atomic E-state index is 0.514. The number of rotatable bonds is 3. The third kappa shape index (κ3) is 3.70. The molecule has 0 aliphatic carbocycles. The smallest absolute Gasteiger partial charge is 0.131 e. The molecule has 0 saturated heterocycles. The highest BCUT2D eigenvalue weighted by Gasteiger charge is 2.15. The zero-order valence-electron chi connectivity index (χ0n) is 17.0. The van der Waals surface area contributed by atoms with E-state index in [0.717, 1.165) is 41.7 Å². The summed E-state index contributed by atoms with van der Waals surface area (Å²) in [5, 5.41) is 1.11. The Hall–Kier alpha value is -3.50. The zero-order chi connectivity index (χ0) is 20.5. The molecule has 0 bridgehead atoms. The summed E-state index contributed by atoms with van der Waals surface area (Å²) in [5.74, 6) is 0.514. The second kappa shape index (κ2) is 7.73. The van der Waals surface area contributed by atoms with E-state index in [1.807, 2.05) is 42.5 Å². The summed E-state index contributed by atoms with van der Waals surface area (Å²) in [5.41, 5.74) is 14.0. The number of nitrogens with zero attached hydrogens (tertiary/aromatic N) is 3. The van der Waals surface area contributed by atoms with Gasteiger partial charge in [-0.2, -0.15) is 0 Å². The number of benzene rings is 3. The molecular weight excluding hydrogens is 368 g/mol. The lowest BCUT2D eigenvalue weighted by Crippen LogP contribution is -2.27. The first-order valence-electron chi connectivity index (χ1n) is 10.3. The SMILES string of the molecule is CN1CCc2nc3ccc(N=C(N)c4ccc(-c5ccccc5)cc4)cc3cc2C1. The number of likely N-dealkylation sites (N-methyl/N-ethyl adjacent to an activating group) is 1. The van der Waals surface area contributed by atoms with Gasteiger partial charge in [-0.1, -0.05) is 54.6 Å². The molecule has 0 radical (unpaired) electrons. The fourth-order valence-electron chi connectivity index (χ4n) is 4.00. The van der Waals surface area contributed by atoms with E-state index in [-0.39, 0.29) is 0 Å². The Balaban J connectivity index is 1.43. The molecule has 1 aliphatic rings. The van der Waals surface area contributed by atoms with Crippen LogP contribution in [0.5, 0.6) is 0 Å². The van der Waals surface area contributed by atoms with Crippen molar-refractivity contribution in [2.45, 2.75) is 13.0 Å². The summed E-state index contributed by atoms with van der Waals surface area (Å²) in [4.78, 5) is 11.9. The number of amidine groups is 1. The van der Waals surface area contributed by atoms with Gasteiger partial charge in [-0.15, -0.1) is 0 Å². The van der Waals surface area contributed by atoms with Gasteiger partial charge < -0.3 is 10.6 Å². The van der Waals surface area contributed by atoms with E-state index in [0.29, 0.717) is 5.84 Å². The maximum Gasteiger partial charge on any atom is 0.131 e. The third-order valence-electron chi connectivity index (χ3n) is 5.67. The Morgan fingerprint density at radius 1 is 0.933 bits per heavy atom. The van der Waals surface area contributed by atoms with Gasteiger partial charge in [0.15, 0.2) is 0 Å². The fourth-order valence-corrected chi connectivity index (χ4v) is 4.00. The lowest BCUT2D eigenvalue weighted by atomic mass is 10.0. The summed E-state index contributed by atoms with van der Waals surface area (Å²) in [6.45, 7) is 2.01. The predicted octanol–water partition coefficient (Wildman–Crippen LogP) is 4.93. The first kappa shape index (κ1) is 18.5. The molecule has 1 aromatic heterocycles. The Morgan fingerprint density at radius 2 is 1.70 bits per heavy atom. The summed E-state index contributed by atoms with van der Waals surface area (Å²) >= 11 is 0. The van der Waals surface area contributed by atoms with E-state index in [1.165, 1.54) is 22.4 Å². The fraction of sp³-hybridized carbons (Fsp3) is 0.154. The largest absolute Gasteiger partial charge is 0.383 e. The Morgan fingerprint density at radius 3 is 2.50 bits per heavy atom. The lowest BCUT2D eigenvalue weighted by Gasteiger charge is -2.24. The van der Waals surface area contributed by atoms with E-state index in [4.69, 9.17) is 10.7 Å². The van der Waals surface area contributed by atoms with E-state index in [2.05, 4.69) is 53.3 Å². The maximum absolute atomic E-state index is 6.32. The van der Waals surface area contributed by atoms with Gasteiger partial charge in [0.1, 0.15) is 5.84 Å². The molecule has 4 aromatic rings. The molecule has 4 heteroatoms. The molecule has 30 heavy (non-hydrogen) atoms. The van der Waals surface area contributed by atoms with E-state index >= 15 is 0 Å². The van der Waals surface area contributed by atoms with Gasteiger partial charge >= 0.3 is 0 Å². The third-order valence-corrected chi connectivity index (χ3v) is 5.67. The molecular formula is C26H24N4. The lowest BCUT2D eigenvalue weighted by molar-refractivity contribution is 0.310. The molecule has 3 aromatic carbocycles. The van der Waals surface area contributed by atoms with Crippen LogP contribution in [-0.4, -0.2) is 29.3 Å². The number of pyridine rings is 1. The number of fused-ring (bicyclic) bond motifs is 2. The van der Waals surface area contributed by atoms with Crippen LogP contribution in [0.4, 0.5) is 5.69 Å². The quantitative estimate of drug-likeness (QED) is 0.397. The van der Waals surface area contributed by atoms with E-state index in [9.17, 15) is 0 Å². The molecule has 5 rings (SSSR count). The Kier molecular flexibility index (Phi) is 4.77. The molecule has 148 valence electrons. The first-order chi connectivity index (χ1) is 14.7. The zero-order valence-corrected chi connectivity index (χ0v) is 17.0. The van der Waals surface area contributed by atoms with Crippen molar-refractivity contribution in [1.82, 2.24) is 9.88 Å². The highest BCUT2D eigenvalue weighted by molar-refractivity contribution is 6.00. The van der Waals surface area contributed by atoms with Crippen molar-refractivity contribution in [2.75, 3.05) is 13.6 Å². The van der Waals surface area contributed by atoms with Crippen molar-refractivity contribution in [3.8, 4) is 11.1 Å². The van der Waals surface area contributed by atoms with Crippen molar-refractivity contribution >= 4 is 22.4 Å². The molecule has 2 N–H and O–H groups in total. The summed E-state index contributed by atoms with van der Waals surface area (Å²) in [6, 6.07) is 26.9. The van der Waals surface area contributed by atoms with Crippen LogP contribution in [0.3, 0.4) is 0 Å². The summed E-state index contributed by atoms with van der Waals surface area (Å²) in [7, 11) is 2.15. The molecule has 0 fully saturated rings. The van der Waals surface area contributed by atoms with Gasteiger partial charge in [-0.25, -0.2) is 4.99 Å². The van der Waals surface area contributed by atoms with Crippen LogP contribution in [0.15, 0.2) is 83.9 Å². The number of hydrogen-bond donors (Lipinski definition) is 1. The molecule has 0 amide bonds. The minimum atomic E-state index is 0.514. The molecule has 2 heterocycles. The molecule has 0 unspecified atom stereocenters. The van der Waals surface area contributed by atoms with Crippen molar-refractivity contribution < 1.29 is 0 Å². The van der Waals surface area contributed by atoms with Crippen LogP contribution in [0.25, 0.3) is 22.0 Å². The number of aliphatic imine (C=N–C) groups is 1. The van der Waals surface area contributed by atoms with E-state index in [1.54, 1.807) is 0 Å². The average molecular weight is 393 g/mol. The van der Waals surface area contributed by atoms with Gasteiger partial charge in [-0.3, -0.25) is 4.98 Å². The molecule has 0 saturated carbocycles. The topological polar surface area (TPSA) is 54.5 Å². The van der Waals surface area contributed by atoms with Crippen LogP contribution in [0.2, 0.25) is 0 Å². The van der Waals surface area contributed by atoms with Crippen molar-refractivity contribution in [3.05, 3.63) is 95.7 Å². The van der Waals surface area contributed by atoms with Gasteiger partial charge in [0.05, 0.1) is 11.2 Å². The Labute approximate surface area is 176 Å². The second-order valence-electron chi connectivity index (χ2n) is 7.90. The Bertz CT molecular complexity index is 1230. The van der Waals surface area contributed by atoms with Crippen LogP contribution in [0, 0.1) is 0 Å². The van der Waals surface area contributed by atoms with Crippen molar-refractivity contribution in [1.29, 1.82) is 0 Å². The van der Waals surface area contributed by atoms with Crippen LogP contribution in [-0.2, 0) is 13.0 Å². The maximum atomic E-state index is 6.32. The van der Waals surface area contributed by atoms with Crippen LogP contribution < -0.4 is 5.73 Å². The molecule has 1 aliphatic heterocycles. The van der Waals surface area contributed by atoms with Crippen LogP contribution >= 0.6 is 0 Å². The first-order valence-corrected chi connectivity index (χ1v) is 10.3. The van der Waals surface area contributed by atoms with Crippen molar-refractivity contribution in [3.63, 3.8) is 0 Å². The highest BCUT2D eigenvalue weighted by atomic mass is 15.1. The van der Waals surface area contributed by atoms with Gasteiger partial charge in [0, 0.05) is 36.2 Å². The minimum Gasteiger partial charge on any atom is -0.383 e. The predicted molar refractivity (Wildman–Crippen MR) is 124 cm³/mol. The van der Waals surface area contributed by atoms with Crippen molar-refractivity contribution in [2.24, 2.45) is 10.7 Å². The number of nitrogens with two attached hydrogens (primary N) is 1. The standard InChI is InChI=1S/C26H24N4/c1-30-14-13-25-22(17-30)15-21-16-23(11-12-24(21)29-25)28-26(27)20-9-7-19(8-10-20)18-5-3-2-4-6-18/h2-12,15-16H,13-14,17H2,1H3,(H2,27,28). The van der Waals surface area contributed by atoms with Gasteiger partial charge in [0.25, 0.3) is 0 Å². The number of hydrogen-bond acceptors (Lipinski definition) is 3. The number of aromatic nitrogens is 1. The van der Waals surface area contributed by atoms with E-state index < -0.39 is 0 Å². The monoisotopic (exact) mass is 392 g/mol. The molecule has 0 spiro atoms. The molecule has 0 atom stereocenters. The normalized spacial score (nSPS) is 14.6. The van der Waals surface area contributed by atoms with Gasteiger partial charge in [0.2, 0.25) is 0 Å². The summed E-state index contributed by atoms with van der Waals surface area (Å²) in [6.07, 6.45) is 1.01. The summed E-state index contributed by atoms with van der Waals surface area (Å²) < 4.78 is 0. The molecule has 4 nitrogen and oxygen atoms in total. The average Bonchev–Trinajstić information content (AvgIpc) is 2.78. The highest BCUT2D eigenvalue weighted by Crippen LogP contribution is 2.26. The van der Waals surface area contributed by atoms with Crippen LogP contribution in [0.1, 0.15) is 16.8 Å². The second-order valence-corrected chi connectivity index (χ2v) is 7.90. The van der Waals surface area contributed by atoms with Gasteiger partial charge in [-0.05, 0) is 48.0 Å².